The first kappa shape index (κ1) is 11.2. The van der Waals surface area contributed by atoms with E-state index in [4.69, 9.17) is 4.74 Å². The molecule has 0 N–H and O–H groups in total. The molecule has 1 rings (SSSR count). The highest BCUT2D eigenvalue weighted by Gasteiger charge is 2.28. The van der Waals surface area contributed by atoms with Gasteiger partial charge in [0.15, 0.2) is 0 Å². The summed E-state index contributed by atoms with van der Waals surface area (Å²) in [7, 11) is 0. The molecule has 14 heavy (non-hydrogen) atoms. The van der Waals surface area contributed by atoms with Crippen LogP contribution in [0, 0.1) is 5.92 Å². The Kier molecular flexibility index (Phi) is 4.07. The van der Waals surface area contributed by atoms with Crippen LogP contribution in [-0.2, 0) is 14.3 Å². The van der Waals surface area contributed by atoms with Crippen LogP contribution in [0.4, 0.5) is 0 Å². The lowest BCUT2D eigenvalue weighted by Gasteiger charge is -2.14. The maximum Gasteiger partial charge on any atom is 0.290 e. The van der Waals surface area contributed by atoms with Crippen molar-refractivity contribution < 1.29 is 14.3 Å². The fourth-order valence-electron chi connectivity index (χ4n) is 1.33. The summed E-state index contributed by atoms with van der Waals surface area (Å²) in [5.41, 5.74) is 0. The lowest BCUT2D eigenvalue weighted by molar-refractivity contribution is -0.140. The Hall–Kier alpha value is -0.900. The van der Waals surface area contributed by atoms with Crippen molar-refractivity contribution in [2.45, 2.75) is 20.3 Å². The second-order valence-electron chi connectivity index (χ2n) is 3.93. The van der Waals surface area contributed by atoms with Crippen LogP contribution in [0.25, 0.3) is 0 Å². The molecule has 0 spiro atoms. The fourth-order valence-corrected chi connectivity index (χ4v) is 1.33. The second-order valence-corrected chi connectivity index (χ2v) is 3.93. The molecule has 4 nitrogen and oxygen atoms in total. The van der Waals surface area contributed by atoms with Crippen LogP contribution in [0.2, 0.25) is 0 Å². The van der Waals surface area contributed by atoms with Gasteiger partial charge in [-0.05, 0) is 5.92 Å². The lowest BCUT2D eigenvalue weighted by atomic mass is 10.2. The summed E-state index contributed by atoms with van der Waals surface area (Å²) >= 11 is 0. The molecule has 1 fully saturated rings. The summed E-state index contributed by atoms with van der Waals surface area (Å²) in [6, 6.07) is 0. The summed E-state index contributed by atoms with van der Waals surface area (Å²) in [6.07, 6.45) is 0.364. The predicted octanol–water partition coefficient (Wildman–Crippen LogP) is 0.460. The molecule has 0 aromatic heterocycles. The van der Waals surface area contributed by atoms with Gasteiger partial charge in [-0.1, -0.05) is 13.8 Å². The molecule has 0 saturated carbocycles. The monoisotopic (exact) mass is 199 g/mol. The van der Waals surface area contributed by atoms with Crippen LogP contribution < -0.4 is 0 Å². The normalized spacial score (nSPS) is 17.2. The number of carbonyl (C=O) groups is 2. The minimum absolute atomic E-state index is 0.270. The quantitative estimate of drug-likeness (QED) is 0.477. The lowest BCUT2D eigenvalue weighted by Crippen LogP contribution is -2.31. The highest BCUT2D eigenvalue weighted by molar-refractivity contribution is 6.37. The topological polar surface area (TPSA) is 46.6 Å². The molecule has 0 aromatic carbocycles. The molecule has 1 heterocycles. The van der Waals surface area contributed by atoms with Gasteiger partial charge in [-0.15, -0.1) is 0 Å². The molecule has 0 atom stereocenters. The summed E-state index contributed by atoms with van der Waals surface area (Å²) in [5.74, 6) is -0.113. The molecule has 80 valence electrons. The summed E-state index contributed by atoms with van der Waals surface area (Å²) in [5, 5.41) is 0. The zero-order chi connectivity index (χ0) is 10.6. The molecule has 1 aliphatic heterocycles. The van der Waals surface area contributed by atoms with Crippen molar-refractivity contribution in [2.24, 2.45) is 5.92 Å². The van der Waals surface area contributed by atoms with Crippen LogP contribution >= 0.6 is 0 Å². The minimum atomic E-state index is -0.349. The number of Topliss-reactive ketones (excluding diaryl/α,β-unsaturated/α-hetero) is 1. The number of ketones is 1. The third-order valence-electron chi connectivity index (χ3n) is 2.09. The van der Waals surface area contributed by atoms with Crippen LogP contribution in [-0.4, -0.2) is 42.9 Å². The van der Waals surface area contributed by atoms with Crippen LogP contribution in [0.3, 0.4) is 0 Å². The van der Waals surface area contributed by atoms with Gasteiger partial charge in [-0.3, -0.25) is 9.59 Å². The first-order valence-electron chi connectivity index (χ1n) is 5.01. The van der Waals surface area contributed by atoms with E-state index in [9.17, 15) is 9.59 Å². The van der Waals surface area contributed by atoms with Gasteiger partial charge >= 0.3 is 0 Å². The van der Waals surface area contributed by atoms with Gasteiger partial charge < -0.3 is 9.64 Å². The van der Waals surface area contributed by atoms with Crippen LogP contribution in [0.1, 0.15) is 20.3 Å². The van der Waals surface area contributed by atoms with E-state index in [0.29, 0.717) is 38.6 Å². The summed E-state index contributed by atoms with van der Waals surface area (Å²) in [6.45, 7) is 6.47. The third-order valence-corrected chi connectivity index (χ3v) is 2.09. The molecule has 1 amide bonds. The van der Waals surface area contributed by atoms with Gasteiger partial charge in [0, 0.05) is 26.1 Å². The average Bonchev–Trinajstić information content (AvgIpc) is 2.43. The number of nitrogens with zero attached hydrogens (tertiary/aromatic N) is 1. The number of rotatable bonds is 5. The van der Waals surface area contributed by atoms with Crippen molar-refractivity contribution in [3.8, 4) is 0 Å². The van der Waals surface area contributed by atoms with E-state index in [1.165, 1.54) is 0 Å². The van der Waals surface area contributed by atoms with Gasteiger partial charge in [-0.25, -0.2) is 0 Å². The van der Waals surface area contributed by atoms with Crippen molar-refractivity contribution in [3.05, 3.63) is 0 Å². The van der Waals surface area contributed by atoms with E-state index in [1.807, 2.05) is 0 Å². The van der Waals surface area contributed by atoms with Crippen molar-refractivity contribution >= 4 is 11.7 Å². The Bertz CT molecular complexity index is 225. The van der Waals surface area contributed by atoms with E-state index >= 15 is 0 Å². The van der Waals surface area contributed by atoms with Crippen molar-refractivity contribution in [3.63, 3.8) is 0 Å². The Labute approximate surface area is 84.2 Å². The maximum atomic E-state index is 11.2. The molecule has 0 aliphatic carbocycles. The molecule has 1 aliphatic rings. The third kappa shape index (κ3) is 3.10. The smallest absolute Gasteiger partial charge is 0.290 e. The van der Waals surface area contributed by atoms with E-state index < -0.39 is 0 Å². The zero-order valence-corrected chi connectivity index (χ0v) is 8.78. The standard InChI is InChI=1S/C10H17NO3/c1-8(2)7-14-6-5-11-4-3-9(12)10(11)13/h8H,3-7H2,1-2H3. The van der Waals surface area contributed by atoms with Crippen LogP contribution in [0.5, 0.6) is 0 Å². The van der Waals surface area contributed by atoms with E-state index in [2.05, 4.69) is 13.8 Å². The Balaban J connectivity index is 2.13. The molecule has 0 aromatic rings. The molecule has 0 unspecified atom stereocenters. The zero-order valence-electron chi connectivity index (χ0n) is 8.78. The SMILES string of the molecule is CC(C)COCCN1CCC(=O)C1=O. The van der Waals surface area contributed by atoms with Gasteiger partial charge in [0.05, 0.1) is 6.61 Å². The number of ether oxygens (including phenoxy) is 1. The summed E-state index contributed by atoms with van der Waals surface area (Å²) < 4.78 is 5.34. The van der Waals surface area contributed by atoms with Gasteiger partial charge in [0.2, 0.25) is 5.78 Å². The van der Waals surface area contributed by atoms with E-state index in [-0.39, 0.29) is 11.7 Å². The number of carbonyl (C=O) groups excluding carboxylic acids is 2. The Morgan fingerprint density at radius 2 is 2.14 bits per heavy atom. The van der Waals surface area contributed by atoms with Crippen molar-refractivity contribution in [2.75, 3.05) is 26.3 Å². The fraction of sp³-hybridized carbons (Fsp3) is 0.800. The summed E-state index contributed by atoms with van der Waals surface area (Å²) in [4.78, 5) is 23.6. The Morgan fingerprint density at radius 1 is 1.43 bits per heavy atom. The second kappa shape index (κ2) is 5.10. The average molecular weight is 199 g/mol. The van der Waals surface area contributed by atoms with Gasteiger partial charge in [0.25, 0.3) is 5.91 Å². The predicted molar refractivity (Wildman–Crippen MR) is 51.9 cm³/mol. The number of amides is 1. The van der Waals surface area contributed by atoms with E-state index in [1.54, 1.807) is 4.90 Å². The highest BCUT2D eigenvalue weighted by atomic mass is 16.5. The maximum absolute atomic E-state index is 11.2. The molecular formula is C10H17NO3. The molecule has 0 radical (unpaired) electrons. The molecule has 4 heteroatoms. The van der Waals surface area contributed by atoms with Crippen molar-refractivity contribution in [1.82, 2.24) is 4.90 Å². The molecule has 0 bridgehead atoms. The van der Waals surface area contributed by atoms with Crippen LogP contribution in [0.15, 0.2) is 0 Å². The number of hydrogen-bond donors (Lipinski definition) is 0. The highest BCUT2D eigenvalue weighted by Crippen LogP contribution is 2.05. The number of likely N-dealkylation sites (tertiary alicyclic amines) is 1. The molecular weight excluding hydrogens is 182 g/mol. The first-order chi connectivity index (χ1) is 6.61. The number of hydrogen-bond acceptors (Lipinski definition) is 3. The first-order valence-corrected chi connectivity index (χ1v) is 5.01. The van der Waals surface area contributed by atoms with Gasteiger partial charge in [-0.2, -0.15) is 0 Å². The largest absolute Gasteiger partial charge is 0.379 e. The van der Waals surface area contributed by atoms with E-state index in [0.717, 1.165) is 0 Å². The van der Waals surface area contributed by atoms with Crippen molar-refractivity contribution in [1.29, 1.82) is 0 Å². The minimum Gasteiger partial charge on any atom is -0.379 e. The molecule has 1 saturated heterocycles. The van der Waals surface area contributed by atoms with Gasteiger partial charge in [0.1, 0.15) is 0 Å². The Morgan fingerprint density at radius 3 is 2.64 bits per heavy atom.